The smallest absolute Gasteiger partial charge is 0.227 e. The van der Waals surface area contributed by atoms with E-state index in [1.54, 1.807) is 0 Å². The SMILES string of the molecule is c1ccc(-c2nc3cc(N(c4ccc5c(c4)c4ccccc4n5-c4ccccc4)c4ccccc4-c4ccccc4)c4ccccc4c3o2)cc1. The van der Waals surface area contributed by atoms with Gasteiger partial charge in [-0.05, 0) is 66.2 Å². The van der Waals surface area contributed by atoms with Crippen molar-refractivity contribution in [3.05, 3.63) is 188 Å². The number of benzene rings is 8. The summed E-state index contributed by atoms with van der Waals surface area (Å²) in [6, 6.07) is 66.2. The van der Waals surface area contributed by atoms with Crippen LogP contribution in [0, 0.1) is 0 Å². The maximum atomic E-state index is 6.52. The molecular formula is C47H31N3O. The molecular weight excluding hydrogens is 623 g/mol. The maximum absolute atomic E-state index is 6.52. The first-order chi connectivity index (χ1) is 25.3. The van der Waals surface area contributed by atoms with Crippen LogP contribution in [0.1, 0.15) is 0 Å². The first kappa shape index (κ1) is 29.0. The molecule has 0 spiro atoms. The van der Waals surface area contributed by atoms with Crippen LogP contribution in [0.15, 0.2) is 192 Å². The second-order valence-electron chi connectivity index (χ2n) is 12.8. The van der Waals surface area contributed by atoms with Crippen molar-refractivity contribution >= 4 is 60.7 Å². The van der Waals surface area contributed by atoms with Gasteiger partial charge in [-0.25, -0.2) is 4.98 Å². The molecule has 0 amide bonds. The molecule has 8 aromatic carbocycles. The summed E-state index contributed by atoms with van der Waals surface area (Å²) in [4.78, 5) is 7.47. The Balaban J connectivity index is 1.28. The number of nitrogens with zero attached hydrogens (tertiary/aromatic N) is 3. The fraction of sp³-hybridized carbons (Fsp3) is 0. The van der Waals surface area contributed by atoms with Crippen LogP contribution in [-0.4, -0.2) is 9.55 Å². The first-order valence-electron chi connectivity index (χ1n) is 17.2. The Morgan fingerprint density at radius 1 is 0.451 bits per heavy atom. The van der Waals surface area contributed by atoms with E-state index in [0.717, 1.165) is 66.8 Å². The molecule has 0 atom stereocenters. The number of para-hydroxylation sites is 3. The summed E-state index contributed by atoms with van der Waals surface area (Å²) in [6.07, 6.45) is 0. The van der Waals surface area contributed by atoms with Gasteiger partial charge in [-0.15, -0.1) is 0 Å². The zero-order valence-corrected chi connectivity index (χ0v) is 27.6. The molecule has 4 nitrogen and oxygen atoms in total. The number of fused-ring (bicyclic) bond motifs is 6. The van der Waals surface area contributed by atoms with E-state index in [0.29, 0.717) is 5.89 Å². The van der Waals surface area contributed by atoms with Crippen molar-refractivity contribution in [3.63, 3.8) is 0 Å². The fourth-order valence-corrected chi connectivity index (χ4v) is 7.52. The molecule has 0 aliphatic heterocycles. The number of oxazole rings is 1. The minimum absolute atomic E-state index is 0.610. The van der Waals surface area contributed by atoms with Gasteiger partial charge in [0, 0.05) is 44.0 Å². The Labute approximate surface area is 295 Å². The van der Waals surface area contributed by atoms with E-state index in [-0.39, 0.29) is 0 Å². The Morgan fingerprint density at radius 3 is 1.84 bits per heavy atom. The van der Waals surface area contributed by atoms with E-state index in [1.807, 2.05) is 30.3 Å². The quantitative estimate of drug-likeness (QED) is 0.179. The summed E-state index contributed by atoms with van der Waals surface area (Å²) >= 11 is 0. The Kier molecular flexibility index (Phi) is 6.78. The van der Waals surface area contributed by atoms with Gasteiger partial charge in [-0.2, -0.15) is 0 Å². The first-order valence-corrected chi connectivity index (χ1v) is 17.2. The van der Waals surface area contributed by atoms with Gasteiger partial charge in [0.2, 0.25) is 5.89 Å². The van der Waals surface area contributed by atoms with Crippen LogP contribution >= 0.6 is 0 Å². The van der Waals surface area contributed by atoms with Crippen molar-refractivity contribution in [1.29, 1.82) is 0 Å². The fourth-order valence-electron chi connectivity index (χ4n) is 7.52. The van der Waals surface area contributed by atoms with Crippen molar-refractivity contribution in [2.24, 2.45) is 0 Å². The predicted octanol–water partition coefficient (Wildman–Crippen LogP) is 12.9. The predicted molar refractivity (Wildman–Crippen MR) is 211 cm³/mol. The van der Waals surface area contributed by atoms with Gasteiger partial charge in [0.1, 0.15) is 5.52 Å². The molecule has 0 saturated heterocycles. The minimum Gasteiger partial charge on any atom is -0.435 e. The number of aromatic nitrogens is 2. The van der Waals surface area contributed by atoms with Gasteiger partial charge in [0.25, 0.3) is 0 Å². The Hall–Kier alpha value is -6.91. The summed E-state index contributed by atoms with van der Waals surface area (Å²) in [6.45, 7) is 0. The third-order valence-electron chi connectivity index (χ3n) is 9.79. The minimum atomic E-state index is 0.610. The molecule has 2 heterocycles. The molecule has 0 aliphatic rings. The summed E-state index contributed by atoms with van der Waals surface area (Å²) in [7, 11) is 0. The normalized spacial score (nSPS) is 11.5. The lowest BCUT2D eigenvalue weighted by molar-refractivity contribution is 0.623. The van der Waals surface area contributed by atoms with E-state index in [9.17, 15) is 0 Å². The number of rotatable bonds is 6. The van der Waals surface area contributed by atoms with Crippen molar-refractivity contribution in [2.45, 2.75) is 0 Å². The zero-order chi connectivity index (χ0) is 33.7. The van der Waals surface area contributed by atoms with E-state index >= 15 is 0 Å². The van der Waals surface area contributed by atoms with Gasteiger partial charge >= 0.3 is 0 Å². The van der Waals surface area contributed by atoms with E-state index < -0.39 is 0 Å². The molecule has 0 N–H and O–H groups in total. The van der Waals surface area contributed by atoms with Crippen LogP contribution in [-0.2, 0) is 0 Å². The molecule has 240 valence electrons. The number of hydrogen-bond donors (Lipinski definition) is 0. The van der Waals surface area contributed by atoms with Gasteiger partial charge in [-0.1, -0.05) is 127 Å². The van der Waals surface area contributed by atoms with Crippen molar-refractivity contribution in [1.82, 2.24) is 9.55 Å². The summed E-state index contributed by atoms with van der Waals surface area (Å²) in [5, 5.41) is 4.49. The van der Waals surface area contributed by atoms with Gasteiger partial charge in [0.05, 0.1) is 22.4 Å². The van der Waals surface area contributed by atoms with Gasteiger partial charge in [-0.3, -0.25) is 0 Å². The molecule has 0 bridgehead atoms. The van der Waals surface area contributed by atoms with Crippen molar-refractivity contribution < 1.29 is 4.42 Å². The Morgan fingerprint density at radius 2 is 1.06 bits per heavy atom. The largest absolute Gasteiger partial charge is 0.435 e. The van der Waals surface area contributed by atoms with E-state index in [1.165, 1.54) is 16.3 Å². The molecule has 2 aromatic heterocycles. The molecule has 4 heteroatoms. The highest BCUT2D eigenvalue weighted by molar-refractivity contribution is 6.14. The topological polar surface area (TPSA) is 34.2 Å². The monoisotopic (exact) mass is 653 g/mol. The van der Waals surface area contributed by atoms with Crippen LogP contribution in [0.25, 0.3) is 71.9 Å². The molecule has 10 aromatic rings. The molecule has 0 unspecified atom stereocenters. The summed E-state index contributed by atoms with van der Waals surface area (Å²) in [5.74, 6) is 0.610. The molecule has 0 saturated carbocycles. The second-order valence-corrected chi connectivity index (χ2v) is 12.8. The summed E-state index contributed by atoms with van der Waals surface area (Å²) in [5.41, 5.74) is 11.5. The highest BCUT2D eigenvalue weighted by Gasteiger charge is 2.24. The van der Waals surface area contributed by atoms with Crippen LogP contribution in [0.2, 0.25) is 0 Å². The lowest BCUT2D eigenvalue weighted by atomic mass is 10.00. The standard InChI is InChI=1S/C47H31N3O/c1-4-16-32(17-5-1)36-22-12-14-26-42(36)50(35-28-29-44-40(30-35)38-24-13-15-27-43(38)49(44)34-20-8-3-9-21-34)45-31-41-46(39-25-11-10-23-37(39)45)51-47(48-41)33-18-6-2-7-19-33/h1-31H. The zero-order valence-electron chi connectivity index (χ0n) is 27.6. The molecule has 0 aliphatic carbocycles. The molecule has 0 radical (unpaired) electrons. The summed E-state index contributed by atoms with van der Waals surface area (Å²) < 4.78 is 8.88. The van der Waals surface area contributed by atoms with Gasteiger partial charge < -0.3 is 13.9 Å². The van der Waals surface area contributed by atoms with Crippen LogP contribution in [0.3, 0.4) is 0 Å². The van der Waals surface area contributed by atoms with Crippen LogP contribution < -0.4 is 4.90 Å². The average Bonchev–Trinajstić information content (AvgIpc) is 3.79. The highest BCUT2D eigenvalue weighted by atomic mass is 16.3. The number of hydrogen-bond acceptors (Lipinski definition) is 3. The van der Waals surface area contributed by atoms with E-state index in [4.69, 9.17) is 9.40 Å². The lowest BCUT2D eigenvalue weighted by Gasteiger charge is -2.29. The van der Waals surface area contributed by atoms with Crippen LogP contribution in [0.5, 0.6) is 0 Å². The number of anilines is 3. The molecule has 51 heavy (non-hydrogen) atoms. The molecule has 10 rings (SSSR count). The second kappa shape index (κ2) is 11.9. The van der Waals surface area contributed by atoms with Crippen molar-refractivity contribution in [2.75, 3.05) is 4.90 Å². The third-order valence-corrected chi connectivity index (χ3v) is 9.79. The van der Waals surface area contributed by atoms with Crippen molar-refractivity contribution in [3.8, 4) is 28.3 Å². The average molecular weight is 654 g/mol. The van der Waals surface area contributed by atoms with Gasteiger partial charge in [0.15, 0.2) is 5.58 Å². The highest BCUT2D eigenvalue weighted by Crippen LogP contribution is 2.47. The molecule has 0 fully saturated rings. The third kappa shape index (κ3) is 4.80. The maximum Gasteiger partial charge on any atom is 0.227 e. The lowest BCUT2D eigenvalue weighted by Crippen LogP contribution is -2.12. The Bertz CT molecular complexity index is 2850. The van der Waals surface area contributed by atoms with Crippen LogP contribution in [0.4, 0.5) is 17.1 Å². The van der Waals surface area contributed by atoms with E-state index in [2.05, 4.69) is 167 Å².